The lowest BCUT2D eigenvalue weighted by atomic mass is 10.2. The largest absolute Gasteiger partial charge is 0.379 e. The third-order valence-corrected chi connectivity index (χ3v) is 3.14. The molecule has 2 rings (SSSR count). The average Bonchev–Trinajstić information content (AvgIpc) is 2.84. The standard InChI is InChI=1S/C14H17N3O2/c1-3-16-8-4-5-13(16)10-15-12-7-6-11(2)14(9-12)17(18)19/h4-9,15H,3,10H2,1-2H3. The Labute approximate surface area is 112 Å². The molecule has 0 fully saturated rings. The number of benzene rings is 1. The Morgan fingerprint density at radius 1 is 1.37 bits per heavy atom. The summed E-state index contributed by atoms with van der Waals surface area (Å²) in [5.74, 6) is 0. The number of hydrogen-bond acceptors (Lipinski definition) is 3. The van der Waals surface area contributed by atoms with Gasteiger partial charge in [-0.15, -0.1) is 0 Å². The van der Waals surface area contributed by atoms with Gasteiger partial charge in [0.25, 0.3) is 5.69 Å². The highest BCUT2D eigenvalue weighted by Gasteiger charge is 2.10. The summed E-state index contributed by atoms with van der Waals surface area (Å²) in [7, 11) is 0. The summed E-state index contributed by atoms with van der Waals surface area (Å²) in [6.45, 7) is 5.39. The fraction of sp³-hybridized carbons (Fsp3) is 0.286. The van der Waals surface area contributed by atoms with E-state index < -0.39 is 0 Å². The Bertz CT molecular complexity index is 590. The number of nitrogens with one attached hydrogen (secondary N) is 1. The zero-order valence-corrected chi connectivity index (χ0v) is 11.1. The Kier molecular flexibility index (Phi) is 3.85. The summed E-state index contributed by atoms with van der Waals surface area (Å²) in [5, 5.41) is 14.1. The molecule has 1 heterocycles. The van der Waals surface area contributed by atoms with Gasteiger partial charge in [-0.1, -0.05) is 6.07 Å². The van der Waals surface area contributed by atoms with Crippen LogP contribution in [0.4, 0.5) is 11.4 Å². The molecule has 0 atom stereocenters. The van der Waals surface area contributed by atoms with Gasteiger partial charge in [0.1, 0.15) is 0 Å². The first kappa shape index (κ1) is 13.1. The first-order valence-corrected chi connectivity index (χ1v) is 6.24. The number of nitro groups is 1. The van der Waals surface area contributed by atoms with E-state index in [1.165, 1.54) is 0 Å². The second-order valence-electron chi connectivity index (χ2n) is 4.40. The number of aromatic nitrogens is 1. The van der Waals surface area contributed by atoms with Gasteiger partial charge in [-0.05, 0) is 32.0 Å². The van der Waals surface area contributed by atoms with Crippen LogP contribution < -0.4 is 5.32 Å². The highest BCUT2D eigenvalue weighted by atomic mass is 16.6. The Morgan fingerprint density at radius 2 is 2.16 bits per heavy atom. The lowest BCUT2D eigenvalue weighted by Crippen LogP contribution is -2.06. The highest BCUT2D eigenvalue weighted by Crippen LogP contribution is 2.22. The molecule has 1 N–H and O–H groups in total. The molecule has 1 aromatic heterocycles. The molecule has 0 radical (unpaired) electrons. The van der Waals surface area contributed by atoms with E-state index in [1.54, 1.807) is 19.1 Å². The zero-order chi connectivity index (χ0) is 13.8. The van der Waals surface area contributed by atoms with Crippen molar-refractivity contribution in [2.45, 2.75) is 26.9 Å². The van der Waals surface area contributed by atoms with Crippen molar-refractivity contribution in [2.75, 3.05) is 5.32 Å². The summed E-state index contributed by atoms with van der Waals surface area (Å²) in [4.78, 5) is 10.5. The van der Waals surface area contributed by atoms with Crippen molar-refractivity contribution in [3.8, 4) is 0 Å². The summed E-state index contributed by atoms with van der Waals surface area (Å²) >= 11 is 0. The van der Waals surface area contributed by atoms with Gasteiger partial charge in [0.05, 0.1) is 11.5 Å². The Morgan fingerprint density at radius 3 is 2.84 bits per heavy atom. The van der Waals surface area contributed by atoms with Gasteiger partial charge in [-0.3, -0.25) is 10.1 Å². The van der Waals surface area contributed by atoms with Crippen LogP contribution in [0.25, 0.3) is 0 Å². The van der Waals surface area contributed by atoms with Crippen LogP contribution in [0, 0.1) is 17.0 Å². The van der Waals surface area contributed by atoms with E-state index in [-0.39, 0.29) is 10.6 Å². The predicted octanol–water partition coefficient (Wildman–Crippen LogP) is 3.34. The quantitative estimate of drug-likeness (QED) is 0.661. The highest BCUT2D eigenvalue weighted by molar-refractivity contribution is 5.54. The molecule has 0 amide bonds. The van der Waals surface area contributed by atoms with Crippen LogP contribution in [0.3, 0.4) is 0 Å². The maximum absolute atomic E-state index is 10.9. The van der Waals surface area contributed by atoms with E-state index >= 15 is 0 Å². The maximum atomic E-state index is 10.9. The van der Waals surface area contributed by atoms with E-state index in [1.807, 2.05) is 24.4 Å². The molecule has 0 saturated carbocycles. The maximum Gasteiger partial charge on any atom is 0.274 e. The molecule has 100 valence electrons. The third-order valence-electron chi connectivity index (χ3n) is 3.14. The SMILES string of the molecule is CCn1cccc1CNc1ccc(C)c([N+](=O)[O-])c1. The number of nitrogens with zero attached hydrogens (tertiary/aromatic N) is 2. The predicted molar refractivity (Wildman–Crippen MR) is 75.3 cm³/mol. The van der Waals surface area contributed by atoms with Gasteiger partial charge in [-0.2, -0.15) is 0 Å². The van der Waals surface area contributed by atoms with Crippen molar-refractivity contribution in [3.05, 3.63) is 57.9 Å². The van der Waals surface area contributed by atoms with Gasteiger partial charge in [0.15, 0.2) is 0 Å². The zero-order valence-electron chi connectivity index (χ0n) is 11.1. The molecule has 1 aromatic carbocycles. The topological polar surface area (TPSA) is 60.1 Å². The second-order valence-corrected chi connectivity index (χ2v) is 4.40. The third kappa shape index (κ3) is 2.93. The van der Waals surface area contributed by atoms with Crippen LogP contribution in [-0.4, -0.2) is 9.49 Å². The molecule has 0 aliphatic rings. The van der Waals surface area contributed by atoms with E-state index in [4.69, 9.17) is 0 Å². The van der Waals surface area contributed by atoms with E-state index in [9.17, 15) is 10.1 Å². The molecule has 0 bridgehead atoms. The normalized spacial score (nSPS) is 10.4. The number of rotatable bonds is 5. The smallest absolute Gasteiger partial charge is 0.274 e. The minimum absolute atomic E-state index is 0.149. The van der Waals surface area contributed by atoms with Crippen molar-refractivity contribution < 1.29 is 4.92 Å². The van der Waals surface area contributed by atoms with E-state index in [2.05, 4.69) is 16.8 Å². The van der Waals surface area contributed by atoms with Crippen LogP contribution in [0.2, 0.25) is 0 Å². The van der Waals surface area contributed by atoms with Crippen molar-refractivity contribution in [1.29, 1.82) is 0 Å². The molecule has 0 spiro atoms. The molecular formula is C14H17N3O2. The van der Waals surface area contributed by atoms with Crippen molar-refractivity contribution >= 4 is 11.4 Å². The minimum Gasteiger partial charge on any atom is -0.379 e. The van der Waals surface area contributed by atoms with Crippen LogP contribution in [0.5, 0.6) is 0 Å². The minimum atomic E-state index is -0.352. The lowest BCUT2D eigenvalue weighted by Gasteiger charge is -2.09. The number of aryl methyl sites for hydroxylation is 2. The van der Waals surface area contributed by atoms with E-state index in [0.717, 1.165) is 17.9 Å². The monoisotopic (exact) mass is 259 g/mol. The summed E-state index contributed by atoms with van der Waals surface area (Å²) < 4.78 is 2.13. The lowest BCUT2D eigenvalue weighted by molar-refractivity contribution is -0.385. The number of anilines is 1. The Hall–Kier alpha value is -2.30. The fourth-order valence-corrected chi connectivity index (χ4v) is 2.03. The molecule has 0 unspecified atom stereocenters. The molecule has 0 saturated heterocycles. The summed E-state index contributed by atoms with van der Waals surface area (Å²) in [5.41, 5.74) is 2.75. The van der Waals surface area contributed by atoms with Crippen LogP contribution >= 0.6 is 0 Å². The first-order chi connectivity index (χ1) is 9.11. The van der Waals surface area contributed by atoms with Crippen LogP contribution in [-0.2, 0) is 13.1 Å². The molecule has 5 heteroatoms. The van der Waals surface area contributed by atoms with E-state index in [0.29, 0.717) is 12.1 Å². The van der Waals surface area contributed by atoms with Gasteiger partial charge < -0.3 is 9.88 Å². The van der Waals surface area contributed by atoms with Crippen molar-refractivity contribution in [2.24, 2.45) is 0 Å². The van der Waals surface area contributed by atoms with Crippen LogP contribution in [0.15, 0.2) is 36.5 Å². The van der Waals surface area contributed by atoms with Crippen molar-refractivity contribution in [3.63, 3.8) is 0 Å². The Balaban J connectivity index is 2.12. The average molecular weight is 259 g/mol. The van der Waals surface area contributed by atoms with Gasteiger partial charge >= 0.3 is 0 Å². The molecule has 2 aromatic rings. The van der Waals surface area contributed by atoms with Crippen molar-refractivity contribution in [1.82, 2.24) is 4.57 Å². The molecular weight excluding hydrogens is 242 g/mol. The molecule has 0 aliphatic heterocycles. The molecule has 0 aliphatic carbocycles. The van der Waals surface area contributed by atoms with Crippen LogP contribution in [0.1, 0.15) is 18.2 Å². The second kappa shape index (κ2) is 5.56. The van der Waals surface area contributed by atoms with Gasteiger partial charge in [0.2, 0.25) is 0 Å². The fourth-order valence-electron chi connectivity index (χ4n) is 2.03. The molecule has 5 nitrogen and oxygen atoms in total. The molecule has 19 heavy (non-hydrogen) atoms. The summed E-state index contributed by atoms with van der Waals surface area (Å²) in [6.07, 6.45) is 2.02. The number of hydrogen-bond donors (Lipinski definition) is 1. The summed E-state index contributed by atoms with van der Waals surface area (Å²) in [6, 6.07) is 9.24. The van der Waals surface area contributed by atoms with Gasteiger partial charge in [-0.25, -0.2) is 0 Å². The first-order valence-electron chi connectivity index (χ1n) is 6.24. The van der Waals surface area contributed by atoms with Gasteiger partial charge in [0, 0.05) is 35.8 Å². The number of nitro benzene ring substituents is 1.